The molecule has 2 heterocycles. The number of carboxylic acid groups (broad SMARTS) is 1. The summed E-state index contributed by atoms with van der Waals surface area (Å²) in [6.45, 7) is 9.61. The average molecular weight is 388 g/mol. The highest BCUT2D eigenvalue weighted by Gasteiger charge is 2.30. The monoisotopic (exact) mass is 388 g/mol. The molecule has 1 saturated carbocycles. The first-order valence-corrected chi connectivity index (χ1v) is 10.2. The molecule has 0 radical (unpaired) electrons. The van der Waals surface area contributed by atoms with Crippen LogP contribution in [0.5, 0.6) is 0 Å². The second-order valence-electron chi connectivity index (χ2n) is 7.74. The Balaban J connectivity index is 0.00000109. The van der Waals surface area contributed by atoms with Crippen LogP contribution in [0.1, 0.15) is 68.4 Å². The Morgan fingerprint density at radius 1 is 1.25 bits per heavy atom. The minimum Gasteiger partial charge on any atom is -0.477 e. The number of pyridine rings is 1. The molecule has 1 aromatic carbocycles. The number of aryl methyl sites for hydroxylation is 1. The molecule has 1 aliphatic carbocycles. The number of halogens is 1. The number of aromatic nitrogens is 1. The van der Waals surface area contributed by atoms with Crippen LogP contribution >= 0.6 is 0 Å². The highest BCUT2D eigenvalue weighted by Crippen LogP contribution is 2.40. The SMILES string of the molecule is CC.Cc1c(N2CCCC(C)C2)c(F)cc2c(=O)c(C(=O)O)cn(C3CC3)c12. The van der Waals surface area contributed by atoms with Gasteiger partial charge >= 0.3 is 5.97 Å². The van der Waals surface area contributed by atoms with E-state index in [1.807, 2.05) is 25.3 Å². The van der Waals surface area contributed by atoms with Crippen molar-refractivity contribution in [1.82, 2.24) is 4.57 Å². The van der Waals surface area contributed by atoms with Crippen LogP contribution in [0.15, 0.2) is 17.1 Å². The molecule has 4 rings (SSSR count). The number of anilines is 1. The van der Waals surface area contributed by atoms with Crippen LogP contribution in [0.3, 0.4) is 0 Å². The first kappa shape index (κ1) is 20.4. The molecule has 2 aliphatic rings. The normalized spacial score (nSPS) is 19.3. The topological polar surface area (TPSA) is 62.5 Å². The van der Waals surface area contributed by atoms with E-state index in [9.17, 15) is 14.7 Å². The fraction of sp³-hybridized carbons (Fsp3) is 0.545. The molecule has 1 saturated heterocycles. The third kappa shape index (κ3) is 3.52. The van der Waals surface area contributed by atoms with Crippen molar-refractivity contribution in [1.29, 1.82) is 0 Å². The highest BCUT2D eigenvalue weighted by atomic mass is 19.1. The highest BCUT2D eigenvalue weighted by molar-refractivity contribution is 5.95. The van der Waals surface area contributed by atoms with Gasteiger partial charge in [0.1, 0.15) is 11.4 Å². The maximum absolute atomic E-state index is 15.0. The number of benzene rings is 1. The molecule has 0 amide bonds. The Hall–Kier alpha value is -2.37. The number of carbonyl (C=O) groups is 1. The number of piperidine rings is 1. The van der Waals surface area contributed by atoms with Crippen LogP contribution in [0.4, 0.5) is 10.1 Å². The molecule has 0 spiro atoms. The summed E-state index contributed by atoms with van der Waals surface area (Å²) in [6.07, 6.45) is 5.50. The zero-order valence-corrected chi connectivity index (χ0v) is 17.1. The predicted molar refractivity (Wildman–Crippen MR) is 110 cm³/mol. The van der Waals surface area contributed by atoms with E-state index in [0.29, 0.717) is 17.1 Å². The molecule has 1 N–H and O–H groups in total. The van der Waals surface area contributed by atoms with Gasteiger partial charge in [-0.1, -0.05) is 20.8 Å². The number of fused-ring (bicyclic) bond motifs is 1. The predicted octanol–water partition coefficient (Wildman–Crippen LogP) is 4.74. The third-order valence-electron chi connectivity index (χ3n) is 5.62. The molecule has 6 heteroatoms. The summed E-state index contributed by atoms with van der Waals surface area (Å²) in [7, 11) is 0. The molecule has 28 heavy (non-hydrogen) atoms. The van der Waals surface area contributed by atoms with Crippen molar-refractivity contribution in [2.24, 2.45) is 5.92 Å². The maximum atomic E-state index is 15.0. The smallest absolute Gasteiger partial charge is 0.341 e. The molecule has 152 valence electrons. The Morgan fingerprint density at radius 2 is 1.93 bits per heavy atom. The van der Waals surface area contributed by atoms with Crippen molar-refractivity contribution in [2.45, 2.75) is 59.4 Å². The number of rotatable bonds is 3. The van der Waals surface area contributed by atoms with Gasteiger partial charge in [-0.05, 0) is 50.2 Å². The van der Waals surface area contributed by atoms with Gasteiger partial charge in [0.25, 0.3) is 0 Å². The van der Waals surface area contributed by atoms with Crippen LogP contribution in [-0.2, 0) is 0 Å². The number of nitrogens with zero attached hydrogens (tertiary/aromatic N) is 2. The molecule has 1 atom stereocenters. The van der Waals surface area contributed by atoms with Gasteiger partial charge in [-0.3, -0.25) is 4.79 Å². The summed E-state index contributed by atoms with van der Waals surface area (Å²) in [5.74, 6) is -1.21. The Morgan fingerprint density at radius 3 is 2.50 bits per heavy atom. The summed E-state index contributed by atoms with van der Waals surface area (Å²) in [6, 6.07) is 1.43. The fourth-order valence-corrected chi connectivity index (χ4v) is 4.24. The molecule has 1 aromatic heterocycles. The van der Waals surface area contributed by atoms with Gasteiger partial charge in [0, 0.05) is 30.7 Å². The average Bonchev–Trinajstić information content (AvgIpc) is 3.49. The fourth-order valence-electron chi connectivity index (χ4n) is 4.24. The van der Waals surface area contributed by atoms with Gasteiger partial charge in [0.15, 0.2) is 0 Å². The zero-order valence-electron chi connectivity index (χ0n) is 17.1. The molecule has 2 aromatic rings. The zero-order chi connectivity index (χ0) is 20.6. The van der Waals surface area contributed by atoms with Crippen LogP contribution in [0.25, 0.3) is 10.9 Å². The minimum absolute atomic E-state index is 0.167. The quantitative estimate of drug-likeness (QED) is 0.825. The van der Waals surface area contributed by atoms with Crippen molar-refractivity contribution in [2.75, 3.05) is 18.0 Å². The Bertz CT molecular complexity index is 963. The lowest BCUT2D eigenvalue weighted by molar-refractivity contribution is 0.0695. The van der Waals surface area contributed by atoms with Crippen molar-refractivity contribution in [3.8, 4) is 0 Å². The molecule has 0 bridgehead atoms. The van der Waals surface area contributed by atoms with Gasteiger partial charge in [0.2, 0.25) is 5.43 Å². The molecule has 2 fully saturated rings. The van der Waals surface area contributed by atoms with Gasteiger partial charge in [-0.25, -0.2) is 9.18 Å². The van der Waals surface area contributed by atoms with E-state index in [1.54, 1.807) is 0 Å². The lowest BCUT2D eigenvalue weighted by atomic mass is 9.97. The van der Waals surface area contributed by atoms with Crippen LogP contribution in [-0.4, -0.2) is 28.7 Å². The van der Waals surface area contributed by atoms with Gasteiger partial charge in [0.05, 0.1) is 11.2 Å². The van der Waals surface area contributed by atoms with E-state index in [-0.39, 0.29) is 17.0 Å². The first-order valence-electron chi connectivity index (χ1n) is 10.2. The molecule has 1 unspecified atom stereocenters. The van der Waals surface area contributed by atoms with E-state index >= 15 is 4.39 Å². The summed E-state index contributed by atoms with van der Waals surface area (Å²) in [4.78, 5) is 26.2. The summed E-state index contributed by atoms with van der Waals surface area (Å²) < 4.78 is 16.9. The van der Waals surface area contributed by atoms with Gasteiger partial charge < -0.3 is 14.6 Å². The second-order valence-corrected chi connectivity index (χ2v) is 7.74. The first-order chi connectivity index (χ1) is 13.4. The van der Waals surface area contributed by atoms with Crippen LogP contribution in [0, 0.1) is 18.7 Å². The maximum Gasteiger partial charge on any atom is 0.341 e. The summed E-state index contributed by atoms with van der Waals surface area (Å²) in [5.41, 5.74) is 1.07. The minimum atomic E-state index is -1.27. The standard InChI is InChI=1S/C20H23FN2O3.C2H6/c1-11-4-3-7-22(9-11)18-12(2)17-14(8-16(18)21)19(24)15(20(25)26)10-23(17)13-5-6-13;1-2/h8,10-11,13H,3-7,9H2,1-2H3,(H,25,26);1-2H3. The van der Waals surface area contributed by atoms with E-state index in [2.05, 4.69) is 11.8 Å². The van der Waals surface area contributed by atoms with Crippen molar-refractivity contribution in [3.05, 3.63) is 39.4 Å². The van der Waals surface area contributed by atoms with Crippen molar-refractivity contribution < 1.29 is 14.3 Å². The largest absolute Gasteiger partial charge is 0.477 e. The summed E-state index contributed by atoms with van der Waals surface area (Å²) >= 11 is 0. The Labute approximate surface area is 164 Å². The van der Waals surface area contributed by atoms with Gasteiger partial charge in [-0.2, -0.15) is 0 Å². The lowest BCUT2D eigenvalue weighted by Crippen LogP contribution is -2.35. The van der Waals surface area contributed by atoms with Crippen LogP contribution < -0.4 is 10.3 Å². The lowest BCUT2D eigenvalue weighted by Gasteiger charge is -2.34. The third-order valence-corrected chi connectivity index (χ3v) is 5.62. The van der Waals surface area contributed by atoms with E-state index < -0.39 is 17.2 Å². The van der Waals surface area contributed by atoms with E-state index in [0.717, 1.165) is 44.3 Å². The molecular weight excluding hydrogens is 359 g/mol. The number of hydrogen-bond acceptors (Lipinski definition) is 3. The van der Waals surface area contributed by atoms with Crippen molar-refractivity contribution >= 4 is 22.6 Å². The number of carboxylic acids is 1. The molecular formula is C22H29FN2O3. The molecule has 5 nitrogen and oxygen atoms in total. The van der Waals surface area contributed by atoms with Gasteiger partial charge in [-0.15, -0.1) is 0 Å². The number of aromatic carboxylic acids is 1. The summed E-state index contributed by atoms with van der Waals surface area (Å²) in [5, 5.41) is 9.53. The second kappa shape index (κ2) is 7.94. The van der Waals surface area contributed by atoms with E-state index in [4.69, 9.17) is 0 Å². The van der Waals surface area contributed by atoms with Crippen molar-refractivity contribution in [3.63, 3.8) is 0 Å². The Kier molecular flexibility index (Phi) is 5.77. The van der Waals surface area contributed by atoms with E-state index in [1.165, 1.54) is 12.3 Å². The van der Waals surface area contributed by atoms with Crippen LogP contribution in [0.2, 0.25) is 0 Å². The number of hydrogen-bond donors (Lipinski definition) is 1. The molecule has 1 aliphatic heterocycles.